The zero-order chi connectivity index (χ0) is 103. The van der Waals surface area contributed by atoms with Gasteiger partial charge in [-0.2, -0.15) is 0 Å². The zero-order valence-corrected chi connectivity index (χ0v) is 87.5. The number of nitrogens with zero attached hydrogens (tertiary/aromatic N) is 15. The van der Waals surface area contributed by atoms with Crippen LogP contribution in [0.15, 0.2) is 255 Å². The molecule has 4 aliphatic rings. The van der Waals surface area contributed by atoms with E-state index >= 15 is 0 Å². The van der Waals surface area contributed by atoms with Crippen molar-refractivity contribution in [1.29, 1.82) is 0 Å². The summed E-state index contributed by atoms with van der Waals surface area (Å²) in [6.07, 6.45) is 16.6. The number of hydrogen-bond acceptors (Lipinski definition) is 36. The number of thiophene rings is 4. The van der Waals surface area contributed by atoms with E-state index < -0.39 is 85.5 Å². The number of carbonyl (C=O) groups is 4. The molecule has 0 bridgehead atoms. The van der Waals surface area contributed by atoms with Crippen molar-refractivity contribution in [3.63, 3.8) is 0 Å². The average Bonchev–Trinajstić information content (AvgIpc) is 1.68. The van der Waals surface area contributed by atoms with E-state index in [1.165, 1.54) is 143 Å². The van der Waals surface area contributed by atoms with Gasteiger partial charge in [-0.1, -0.05) is 70.7 Å². The van der Waals surface area contributed by atoms with Crippen molar-refractivity contribution in [2.75, 3.05) is 124 Å². The van der Waals surface area contributed by atoms with E-state index in [1.54, 1.807) is 84.9 Å². The third-order valence-electron chi connectivity index (χ3n) is 23.8. The normalized spacial score (nSPS) is 13.9. The second-order valence-electron chi connectivity index (χ2n) is 34.4. The Labute approximate surface area is 876 Å². The van der Waals surface area contributed by atoms with Crippen LogP contribution >= 0.6 is 91.8 Å². The maximum absolute atomic E-state index is 13.1. The van der Waals surface area contributed by atoms with E-state index in [-0.39, 0.29) is 64.8 Å². The summed E-state index contributed by atoms with van der Waals surface area (Å²) in [5, 5.41) is 11.9. The fraction of sp³-hybridized carbons (Fsp3) is 0.263. The van der Waals surface area contributed by atoms with Crippen LogP contribution in [0.2, 0.25) is 17.3 Å². The molecule has 12 aromatic heterocycles. The number of hydrogen-bond donors (Lipinski definition) is 3. The number of aliphatic imine (C=N–C) groups is 1. The Balaban J connectivity index is 0.000000134. The molecule has 2 fully saturated rings. The molecule has 48 heteroatoms. The summed E-state index contributed by atoms with van der Waals surface area (Å²) in [5.74, 6) is -2.39. The highest BCUT2D eigenvalue weighted by atomic mass is 35.5. The van der Waals surface area contributed by atoms with Crippen LogP contribution in [0.3, 0.4) is 0 Å². The van der Waals surface area contributed by atoms with E-state index in [4.69, 9.17) is 55.9 Å². The van der Waals surface area contributed by atoms with Crippen molar-refractivity contribution < 1.29 is 62.3 Å². The lowest BCUT2D eigenvalue weighted by molar-refractivity contribution is -0.116. The number of nitrogens with one attached hydrogen (secondary N) is 3. The molecule has 20 rings (SSSR count). The zero-order valence-electron chi connectivity index (χ0n) is 77.9. The number of Topliss-reactive ketones (excluding diaryl/α,β-unsaturated/α-hetero) is 4. The summed E-state index contributed by atoms with van der Waals surface area (Å²) in [7, 11) is -15.0. The van der Waals surface area contributed by atoms with Gasteiger partial charge in [0, 0.05) is 111 Å². The molecule has 16 aromatic rings. The van der Waals surface area contributed by atoms with Crippen molar-refractivity contribution >= 4 is 221 Å². The van der Waals surface area contributed by atoms with Crippen LogP contribution < -0.4 is 38.2 Å². The topological polar surface area (TPSA) is 469 Å². The Morgan fingerprint density at radius 1 is 0.388 bits per heavy atom. The summed E-state index contributed by atoms with van der Waals surface area (Å²) in [6, 6.07) is 44.3. The lowest BCUT2D eigenvalue weighted by Gasteiger charge is -2.26. The number of carbonyl (C=O) groups excluding carboxylic acids is 4. The maximum Gasteiger partial charge on any atom is 0.266 e. The summed E-state index contributed by atoms with van der Waals surface area (Å²) in [5.41, 5.74) is 8.12. The standard InChI is InChI=1S/C27H28ClN5O5S2.C27H28ClN5O4S2.C23H17ClN4O5S2.C22H17ClN4O4S2/c28-24-5-7-26(39-24)40(36,37)17-21(34)14-19-2-6-25(30-16-19)33-18-31-23-15-20(3-4-22(23)27(33)35)29-8-1-9-32-10-12-38-13-11-32;28-24-7-9-26(38-24)39(36,37)17-21(34)14-19-4-8-25(30-16-19)33-18-31-23-15-20(5-6-22(23)27(33)35)29-10-3-13-32-11-1-2-12-32;24-19-4-6-21(34-19)35(31,32)12-16(29)9-14-1-5-20(26-11-14)28-13-27-18-10-15(22-25-7-8-33-22)2-3-17(18)23(28)30;23-18-4-6-20(32-18)33(30,31)11-14(28)9-13-1-5-19(25-10-13)27-12-26-21-15-7-8-24-17(15)3-2-16(21)22(27)29/h2-7,15-16,18,29H,1,8-14,17H2;4-9,15-16,18,29H,1-3,10-14,17H2;1-6,10-11,13H,7-9,12H2;1-6,10,12,24H,7-9,11H2. The molecular weight excluding hydrogens is 2130 g/mol. The molecule has 4 aliphatic heterocycles. The molecule has 0 saturated carbocycles. The van der Waals surface area contributed by atoms with Gasteiger partial charge < -0.3 is 30.3 Å². The Bertz CT molecular complexity index is 8470. The molecule has 4 aromatic carbocycles. The van der Waals surface area contributed by atoms with Crippen LogP contribution in [-0.4, -0.2) is 239 Å². The van der Waals surface area contributed by atoms with E-state index in [9.17, 15) is 72.0 Å². The first-order chi connectivity index (χ1) is 70.7. The van der Waals surface area contributed by atoms with Crippen molar-refractivity contribution in [3.8, 4) is 23.3 Å². The number of halogens is 4. The fourth-order valence-corrected chi connectivity index (χ4v) is 27.8. The molecule has 0 unspecified atom stereocenters. The number of morpholine rings is 1. The molecule has 16 heterocycles. The van der Waals surface area contributed by atoms with Gasteiger partial charge in [-0.05, 0) is 220 Å². The average molecular weight is 2220 g/mol. The van der Waals surface area contributed by atoms with Gasteiger partial charge in [0.15, 0.2) is 62.5 Å². The molecular formula is C99H90Cl4N18O18S8. The number of rotatable bonds is 35. The van der Waals surface area contributed by atoms with E-state index in [2.05, 4.69) is 70.6 Å². The van der Waals surface area contributed by atoms with Crippen molar-refractivity contribution in [1.82, 2.24) is 67.9 Å². The molecule has 0 radical (unpaired) electrons. The van der Waals surface area contributed by atoms with Crippen molar-refractivity contribution in [2.45, 2.75) is 74.6 Å². The summed E-state index contributed by atoms with van der Waals surface area (Å²) in [6.45, 7) is 11.6. The van der Waals surface area contributed by atoms with Gasteiger partial charge >= 0.3 is 0 Å². The third kappa shape index (κ3) is 26.7. The van der Waals surface area contributed by atoms with E-state index in [0.717, 1.165) is 152 Å². The Morgan fingerprint density at radius 2 is 0.741 bits per heavy atom. The molecule has 147 heavy (non-hydrogen) atoms. The number of likely N-dealkylation sites (tertiary alicyclic amines) is 1. The summed E-state index contributed by atoms with van der Waals surface area (Å²) in [4.78, 5) is 146. The third-order valence-corrected chi connectivity index (χ3v) is 37.7. The van der Waals surface area contributed by atoms with Crippen LogP contribution in [0, 0.1) is 0 Å². The number of sulfone groups is 4. The number of aromatic nitrogens is 12. The van der Waals surface area contributed by atoms with Crippen LogP contribution in [0.5, 0.6) is 0 Å². The lowest BCUT2D eigenvalue weighted by Crippen LogP contribution is -2.37. The monoisotopic (exact) mass is 2210 g/mol. The first-order valence-electron chi connectivity index (χ1n) is 46.0. The molecule has 2 saturated heterocycles. The molecule has 760 valence electrons. The van der Waals surface area contributed by atoms with Crippen LogP contribution in [0.25, 0.3) is 66.9 Å². The smallest absolute Gasteiger partial charge is 0.266 e. The van der Waals surface area contributed by atoms with Gasteiger partial charge in [0.25, 0.3) is 22.2 Å². The minimum atomic E-state index is -3.75. The quantitative estimate of drug-likeness (QED) is 0.0311. The highest BCUT2D eigenvalue weighted by Gasteiger charge is 2.29. The molecule has 3 N–H and O–H groups in total. The van der Waals surface area contributed by atoms with Gasteiger partial charge in [0.2, 0.25) is 5.90 Å². The second kappa shape index (κ2) is 47.2. The largest absolute Gasteiger partial charge is 0.476 e. The minimum absolute atomic E-state index is 0.0587. The molecule has 0 amide bonds. The number of ether oxygens (including phenoxy) is 2. The van der Waals surface area contributed by atoms with Gasteiger partial charge in [0.05, 0.1) is 80.7 Å². The first kappa shape index (κ1) is 106. The number of anilines is 3. The molecule has 36 nitrogen and oxygen atoms in total. The van der Waals surface area contributed by atoms with Gasteiger partial charge in [-0.25, -0.2) is 78.5 Å². The molecule has 0 spiro atoms. The van der Waals surface area contributed by atoms with Gasteiger partial charge in [-0.15, -0.1) is 45.3 Å². The maximum atomic E-state index is 13.1. The van der Waals surface area contributed by atoms with Crippen LogP contribution in [0.4, 0.5) is 17.1 Å². The Kier molecular flexibility index (Phi) is 33.9. The Morgan fingerprint density at radius 3 is 1.10 bits per heavy atom. The SMILES string of the molecule is O=C(Cc1ccc(-n2cnc3c4c(ccc3c2=O)NCC4)nc1)CS(=O)(=O)c1ccc(Cl)s1.O=C(Cc1ccc(-n2cnc3cc(C4=NCCO4)ccc3c2=O)nc1)CS(=O)(=O)c1ccc(Cl)s1.O=C(Cc1ccc(-n2cnc3cc(NCCCN4CCCC4)ccc3c2=O)nc1)CS(=O)(=O)c1ccc(Cl)s1.O=C(Cc1ccc(-n2cnc3cc(NCCCN4CCOCC4)ccc3c2=O)nc1)CS(=O)(=O)c1ccc(Cl)s1. The predicted octanol–water partition coefficient (Wildman–Crippen LogP) is 13.1. The van der Waals surface area contributed by atoms with Crippen LogP contribution in [-0.2, 0) is 100 Å². The highest BCUT2D eigenvalue weighted by Crippen LogP contribution is 2.34. The number of pyridine rings is 4. The van der Waals surface area contributed by atoms with Gasteiger partial charge in [0.1, 0.15) is 95.0 Å². The fourth-order valence-electron chi connectivity index (χ4n) is 16.5. The molecule has 0 atom stereocenters. The van der Waals surface area contributed by atoms with Crippen LogP contribution in [0.1, 0.15) is 59.1 Å². The second-order valence-corrected chi connectivity index (χ2v) is 50.1. The number of ketones is 4. The van der Waals surface area contributed by atoms with Crippen molar-refractivity contribution in [3.05, 3.63) is 306 Å². The van der Waals surface area contributed by atoms with Crippen molar-refractivity contribution in [2.24, 2.45) is 4.99 Å². The number of fused-ring (bicyclic) bond motifs is 6. The van der Waals surface area contributed by atoms with Gasteiger partial charge in [-0.3, -0.25) is 61.5 Å². The molecule has 0 aliphatic carbocycles. The van der Waals surface area contributed by atoms with E-state index in [1.807, 2.05) is 30.3 Å². The van der Waals surface area contributed by atoms with E-state index in [0.29, 0.717) is 126 Å². The summed E-state index contributed by atoms with van der Waals surface area (Å²) >= 11 is 26.9. The Hall–Kier alpha value is -12.8. The first-order valence-corrected chi connectivity index (χ1v) is 57.4. The lowest BCUT2D eigenvalue weighted by atomic mass is 10.1. The predicted molar refractivity (Wildman–Crippen MR) is 570 cm³/mol. The highest BCUT2D eigenvalue weighted by molar-refractivity contribution is 7.95. The summed E-state index contributed by atoms with van der Waals surface area (Å²) < 4.78 is 117. The minimum Gasteiger partial charge on any atom is -0.476 e. The number of benzene rings is 4.